The van der Waals surface area contributed by atoms with Crippen molar-refractivity contribution in [3.8, 4) is 0 Å². The average Bonchev–Trinajstić information content (AvgIpc) is 3.07. The number of carbonyl (C=O) groups excluding carboxylic acids is 1. The Bertz CT molecular complexity index is 941. The molecular formula is C21H27N5O. The minimum Gasteiger partial charge on any atom is -0.372 e. The quantitative estimate of drug-likeness (QED) is 0.671. The standard InChI is InChI=1S/C21H27N5O/c1-6-25(7-2)18-10-8-17(9-11-18)14-24(5)21(27)19-13-22-26-16(4)12-15(3)23-20(19)26/h8-13H,6-7,14H2,1-5H3. The normalized spacial score (nSPS) is 11.0. The van der Waals surface area contributed by atoms with Crippen LogP contribution in [-0.4, -0.2) is 45.5 Å². The van der Waals surface area contributed by atoms with Gasteiger partial charge in [-0.2, -0.15) is 5.10 Å². The molecule has 3 rings (SSSR count). The van der Waals surface area contributed by atoms with E-state index in [1.807, 2.05) is 27.0 Å². The SMILES string of the molecule is CCN(CC)c1ccc(CN(C)C(=O)c2cnn3c(C)cc(C)nc23)cc1. The van der Waals surface area contributed by atoms with Crippen LogP contribution in [0.5, 0.6) is 0 Å². The first-order chi connectivity index (χ1) is 12.9. The zero-order valence-corrected chi connectivity index (χ0v) is 16.7. The summed E-state index contributed by atoms with van der Waals surface area (Å²) in [5.41, 5.74) is 5.29. The van der Waals surface area contributed by atoms with E-state index in [9.17, 15) is 4.79 Å². The van der Waals surface area contributed by atoms with E-state index < -0.39 is 0 Å². The van der Waals surface area contributed by atoms with Crippen LogP contribution in [0.15, 0.2) is 36.5 Å². The molecule has 0 saturated heterocycles. The van der Waals surface area contributed by atoms with Gasteiger partial charge >= 0.3 is 0 Å². The summed E-state index contributed by atoms with van der Waals surface area (Å²) in [6.45, 7) is 10.7. The first-order valence-electron chi connectivity index (χ1n) is 9.36. The van der Waals surface area contributed by atoms with Crippen LogP contribution in [0.1, 0.15) is 41.2 Å². The summed E-state index contributed by atoms with van der Waals surface area (Å²) in [6, 6.07) is 10.4. The minimum atomic E-state index is -0.0738. The fraction of sp³-hybridized carbons (Fsp3) is 0.381. The average molecular weight is 365 g/mol. The Morgan fingerprint density at radius 1 is 1.11 bits per heavy atom. The second-order valence-electron chi connectivity index (χ2n) is 6.83. The molecule has 6 heteroatoms. The Hall–Kier alpha value is -2.89. The van der Waals surface area contributed by atoms with Crippen LogP contribution in [0.25, 0.3) is 5.65 Å². The van der Waals surface area contributed by atoms with E-state index >= 15 is 0 Å². The highest BCUT2D eigenvalue weighted by Crippen LogP contribution is 2.18. The molecule has 0 aliphatic rings. The van der Waals surface area contributed by atoms with Gasteiger partial charge in [0, 0.05) is 43.8 Å². The molecule has 27 heavy (non-hydrogen) atoms. The number of aryl methyl sites for hydroxylation is 2. The molecule has 0 saturated carbocycles. The smallest absolute Gasteiger partial charge is 0.259 e. The van der Waals surface area contributed by atoms with Crippen LogP contribution in [0, 0.1) is 13.8 Å². The van der Waals surface area contributed by atoms with Gasteiger partial charge in [-0.25, -0.2) is 9.50 Å². The van der Waals surface area contributed by atoms with Crippen LogP contribution in [0.3, 0.4) is 0 Å². The molecule has 6 nitrogen and oxygen atoms in total. The zero-order valence-electron chi connectivity index (χ0n) is 16.7. The van der Waals surface area contributed by atoms with E-state index in [0.717, 1.165) is 30.0 Å². The van der Waals surface area contributed by atoms with Gasteiger partial charge in [0.05, 0.1) is 6.20 Å². The Morgan fingerprint density at radius 2 is 1.78 bits per heavy atom. The first-order valence-corrected chi connectivity index (χ1v) is 9.36. The van der Waals surface area contributed by atoms with Crippen molar-refractivity contribution in [1.29, 1.82) is 0 Å². The molecule has 142 valence electrons. The fourth-order valence-corrected chi connectivity index (χ4v) is 3.37. The lowest BCUT2D eigenvalue weighted by Crippen LogP contribution is -2.26. The predicted molar refractivity (Wildman–Crippen MR) is 108 cm³/mol. The maximum absolute atomic E-state index is 12.9. The first kappa shape index (κ1) is 18.9. The number of aromatic nitrogens is 3. The predicted octanol–water partition coefficient (Wildman–Crippen LogP) is 3.46. The second-order valence-corrected chi connectivity index (χ2v) is 6.83. The van der Waals surface area contributed by atoms with Crippen molar-refractivity contribution in [3.63, 3.8) is 0 Å². The van der Waals surface area contributed by atoms with Gasteiger partial charge in [0.2, 0.25) is 0 Å². The maximum Gasteiger partial charge on any atom is 0.259 e. The molecule has 0 N–H and O–H groups in total. The molecule has 0 spiro atoms. The Labute approximate surface area is 160 Å². The van der Waals surface area contributed by atoms with Crippen molar-refractivity contribution in [2.75, 3.05) is 25.0 Å². The van der Waals surface area contributed by atoms with Gasteiger partial charge in [0.25, 0.3) is 5.91 Å². The third-order valence-electron chi connectivity index (χ3n) is 4.84. The van der Waals surface area contributed by atoms with E-state index in [4.69, 9.17) is 0 Å². The van der Waals surface area contributed by atoms with Crippen molar-refractivity contribution in [2.24, 2.45) is 0 Å². The van der Waals surface area contributed by atoms with Gasteiger partial charge in [-0.3, -0.25) is 4.79 Å². The second kappa shape index (κ2) is 7.78. The third-order valence-corrected chi connectivity index (χ3v) is 4.84. The number of rotatable bonds is 6. The molecule has 0 atom stereocenters. The molecule has 3 aromatic rings. The van der Waals surface area contributed by atoms with Crippen LogP contribution in [0.2, 0.25) is 0 Å². The van der Waals surface area contributed by atoms with E-state index in [-0.39, 0.29) is 5.91 Å². The van der Waals surface area contributed by atoms with Crippen LogP contribution >= 0.6 is 0 Å². The summed E-state index contributed by atoms with van der Waals surface area (Å²) >= 11 is 0. The Morgan fingerprint density at radius 3 is 2.41 bits per heavy atom. The lowest BCUT2D eigenvalue weighted by molar-refractivity contribution is 0.0787. The molecule has 2 aromatic heterocycles. The largest absolute Gasteiger partial charge is 0.372 e. The van der Waals surface area contributed by atoms with Crippen molar-refractivity contribution >= 4 is 17.2 Å². The molecule has 2 heterocycles. The molecule has 1 amide bonds. The molecule has 0 aliphatic heterocycles. The zero-order chi connectivity index (χ0) is 19.6. The fourth-order valence-electron chi connectivity index (χ4n) is 3.37. The number of hydrogen-bond donors (Lipinski definition) is 0. The van der Waals surface area contributed by atoms with Crippen molar-refractivity contribution in [3.05, 3.63) is 59.0 Å². The Balaban J connectivity index is 1.78. The summed E-state index contributed by atoms with van der Waals surface area (Å²) in [4.78, 5) is 21.5. The van der Waals surface area contributed by atoms with Crippen molar-refractivity contribution < 1.29 is 4.79 Å². The van der Waals surface area contributed by atoms with Gasteiger partial charge < -0.3 is 9.80 Å². The number of hydrogen-bond acceptors (Lipinski definition) is 4. The van der Waals surface area contributed by atoms with Gasteiger partial charge in [-0.1, -0.05) is 12.1 Å². The summed E-state index contributed by atoms with van der Waals surface area (Å²) in [5.74, 6) is -0.0738. The molecule has 0 radical (unpaired) electrons. The molecule has 0 unspecified atom stereocenters. The number of fused-ring (bicyclic) bond motifs is 1. The Kier molecular flexibility index (Phi) is 5.44. The number of carbonyl (C=O) groups is 1. The lowest BCUT2D eigenvalue weighted by Gasteiger charge is -2.22. The monoisotopic (exact) mass is 365 g/mol. The maximum atomic E-state index is 12.9. The number of nitrogens with zero attached hydrogens (tertiary/aromatic N) is 5. The summed E-state index contributed by atoms with van der Waals surface area (Å²) in [5, 5.41) is 4.32. The highest BCUT2D eigenvalue weighted by molar-refractivity contribution is 5.99. The van der Waals surface area contributed by atoms with Gasteiger partial charge in [0.15, 0.2) is 5.65 Å². The molecule has 1 aromatic carbocycles. The van der Waals surface area contributed by atoms with Crippen LogP contribution in [-0.2, 0) is 6.54 Å². The highest BCUT2D eigenvalue weighted by atomic mass is 16.2. The minimum absolute atomic E-state index is 0.0738. The lowest BCUT2D eigenvalue weighted by atomic mass is 10.1. The van der Waals surface area contributed by atoms with Gasteiger partial charge in [-0.15, -0.1) is 0 Å². The van der Waals surface area contributed by atoms with Crippen LogP contribution in [0.4, 0.5) is 5.69 Å². The summed E-state index contributed by atoms with van der Waals surface area (Å²) < 4.78 is 1.72. The van der Waals surface area contributed by atoms with E-state index in [2.05, 4.69) is 53.1 Å². The number of anilines is 1. The van der Waals surface area contributed by atoms with E-state index in [1.54, 1.807) is 15.6 Å². The summed E-state index contributed by atoms with van der Waals surface area (Å²) in [6.07, 6.45) is 1.61. The van der Waals surface area contributed by atoms with Crippen LogP contribution < -0.4 is 4.90 Å². The van der Waals surface area contributed by atoms with E-state index in [1.165, 1.54) is 5.69 Å². The summed E-state index contributed by atoms with van der Waals surface area (Å²) in [7, 11) is 1.81. The molecule has 0 fully saturated rings. The third kappa shape index (κ3) is 3.79. The topological polar surface area (TPSA) is 53.7 Å². The molecule has 0 aliphatic carbocycles. The molecular weight excluding hydrogens is 338 g/mol. The van der Waals surface area contributed by atoms with Crippen molar-refractivity contribution in [1.82, 2.24) is 19.5 Å². The highest BCUT2D eigenvalue weighted by Gasteiger charge is 2.19. The van der Waals surface area contributed by atoms with Gasteiger partial charge in [-0.05, 0) is 51.5 Å². The number of amides is 1. The van der Waals surface area contributed by atoms with Gasteiger partial charge in [0.1, 0.15) is 5.56 Å². The van der Waals surface area contributed by atoms with E-state index in [0.29, 0.717) is 17.8 Å². The molecule has 0 bridgehead atoms. The van der Waals surface area contributed by atoms with Crippen molar-refractivity contribution in [2.45, 2.75) is 34.2 Å². The number of benzene rings is 1.